The summed E-state index contributed by atoms with van der Waals surface area (Å²) in [5, 5.41) is 15.6. The average molecular weight is 891 g/mol. The van der Waals surface area contributed by atoms with Crippen LogP contribution in [0.25, 0.3) is 22.2 Å². The minimum absolute atomic E-state index is 0.00298. The monoisotopic (exact) mass is 890 g/mol. The lowest BCUT2D eigenvalue weighted by Gasteiger charge is -2.36. The van der Waals surface area contributed by atoms with Crippen LogP contribution in [0.5, 0.6) is 11.5 Å². The summed E-state index contributed by atoms with van der Waals surface area (Å²) in [6.45, 7) is 15.2. The third-order valence-electron chi connectivity index (χ3n) is 10.2. The molecule has 5 amide bonds. The zero-order valence-corrected chi connectivity index (χ0v) is 37.2. The number of hydrogen-bond donors (Lipinski definition) is 4. The van der Waals surface area contributed by atoms with Crippen molar-refractivity contribution in [1.82, 2.24) is 35.4 Å². The fourth-order valence-electron chi connectivity index (χ4n) is 7.07. The van der Waals surface area contributed by atoms with Crippen LogP contribution in [-0.2, 0) is 33.9 Å². The molecule has 2 aromatic carbocycles. The second kappa shape index (κ2) is 17.3. The van der Waals surface area contributed by atoms with Gasteiger partial charge < -0.3 is 35.1 Å². The second-order valence-electron chi connectivity index (χ2n) is 17.2. The number of nitrogens with zero attached hydrogens (tertiary/aromatic N) is 4. The zero-order valence-electron chi connectivity index (χ0n) is 35.6. The highest BCUT2D eigenvalue weighted by Crippen LogP contribution is 2.45. The van der Waals surface area contributed by atoms with Crippen molar-refractivity contribution < 1.29 is 46.6 Å². The maximum absolute atomic E-state index is 14.8. The number of hydrogen-bond acceptors (Lipinski definition) is 14. The molecule has 6 rings (SSSR count). The lowest BCUT2D eigenvalue weighted by atomic mass is 9.85. The van der Waals surface area contributed by atoms with E-state index in [9.17, 15) is 32.4 Å². The third-order valence-corrected chi connectivity index (χ3v) is 12.7. The first-order valence-corrected chi connectivity index (χ1v) is 22.0. The lowest BCUT2D eigenvalue weighted by Crippen LogP contribution is -2.60. The van der Waals surface area contributed by atoms with Crippen LogP contribution in [0.2, 0.25) is 0 Å². The maximum atomic E-state index is 14.8. The summed E-state index contributed by atoms with van der Waals surface area (Å²) in [6, 6.07) is 14.1. The Labute approximate surface area is 363 Å². The number of ether oxygens (including phenoxy) is 3. The van der Waals surface area contributed by atoms with Crippen LogP contribution in [-0.4, -0.2) is 101 Å². The maximum Gasteiger partial charge on any atom is 0.408 e. The number of fused-ring (bicyclic) bond motifs is 1. The van der Waals surface area contributed by atoms with E-state index >= 15 is 0 Å². The molecule has 0 radical (unpaired) electrons. The molecule has 2 aromatic heterocycles. The number of anilines is 1. The van der Waals surface area contributed by atoms with Crippen molar-refractivity contribution in [1.29, 1.82) is 0 Å². The first-order chi connectivity index (χ1) is 29.0. The zero-order chi connectivity index (χ0) is 45.4. The van der Waals surface area contributed by atoms with Crippen molar-refractivity contribution in [3.63, 3.8) is 0 Å². The smallest absolute Gasteiger partial charge is 0.408 e. The lowest BCUT2D eigenvalue weighted by molar-refractivity contribution is -0.143. The van der Waals surface area contributed by atoms with Crippen molar-refractivity contribution >= 4 is 67.1 Å². The number of alkyl carbamates (subject to hydrolysis) is 1. The van der Waals surface area contributed by atoms with Gasteiger partial charge in [-0.2, -0.15) is 8.42 Å². The van der Waals surface area contributed by atoms with E-state index in [4.69, 9.17) is 19.2 Å². The van der Waals surface area contributed by atoms with E-state index in [0.717, 1.165) is 5.56 Å². The number of carbonyl (C=O) groups excluding carboxylic acids is 5. The van der Waals surface area contributed by atoms with E-state index in [-0.39, 0.29) is 24.5 Å². The van der Waals surface area contributed by atoms with E-state index < -0.39 is 84.7 Å². The highest BCUT2D eigenvalue weighted by Gasteiger charge is 2.62. The topological polar surface area (TPSA) is 237 Å². The Morgan fingerprint density at radius 2 is 1.73 bits per heavy atom. The number of likely N-dealkylation sites (tertiary alicyclic amines) is 1. The molecule has 4 N–H and O–H groups in total. The SMILES string of the molecule is C=CC1C[C@]1(NC(=O)[C@@H]1C[C@@H](Oc2cc(-c3ccccc3)nc3cc(OC)ccc23)CN1C(=O)[C@@H](NC(=O)OC(C)(C)C)C(C)(C)C)C(=O)NS(=O)(=O)c1nnc(NC(C)=O)s1. The largest absolute Gasteiger partial charge is 0.497 e. The fourth-order valence-corrected chi connectivity index (χ4v) is 9.05. The van der Waals surface area contributed by atoms with Gasteiger partial charge in [-0.05, 0) is 44.7 Å². The van der Waals surface area contributed by atoms with Gasteiger partial charge in [-0.25, -0.2) is 14.5 Å². The summed E-state index contributed by atoms with van der Waals surface area (Å²) in [7, 11) is -3.06. The molecular formula is C42H50N8O10S2. The summed E-state index contributed by atoms with van der Waals surface area (Å²) in [6.07, 6.45) is -0.286. The molecule has 62 heavy (non-hydrogen) atoms. The normalized spacial score (nSPS) is 20.4. The van der Waals surface area contributed by atoms with Gasteiger partial charge in [-0.15, -0.1) is 16.8 Å². The van der Waals surface area contributed by atoms with Gasteiger partial charge in [0.05, 0.1) is 24.9 Å². The first kappa shape index (κ1) is 45.4. The molecular weight excluding hydrogens is 841 g/mol. The van der Waals surface area contributed by atoms with Crippen molar-refractivity contribution in [2.75, 3.05) is 19.0 Å². The molecule has 18 nitrogen and oxygen atoms in total. The molecule has 1 aliphatic heterocycles. The number of pyridine rings is 1. The number of nitrogens with one attached hydrogen (secondary N) is 4. The van der Waals surface area contributed by atoms with Crippen LogP contribution in [0.1, 0.15) is 61.3 Å². The summed E-state index contributed by atoms with van der Waals surface area (Å²) < 4.78 is 45.7. The Bertz CT molecular complexity index is 2520. The molecule has 5 atom stereocenters. The average Bonchev–Trinajstić information content (AvgIpc) is 3.45. The van der Waals surface area contributed by atoms with E-state index in [2.05, 4.69) is 32.7 Å². The van der Waals surface area contributed by atoms with Gasteiger partial charge in [-0.1, -0.05) is 68.5 Å². The Morgan fingerprint density at radius 1 is 1.02 bits per heavy atom. The Hall–Kier alpha value is -6.15. The molecule has 1 saturated carbocycles. The summed E-state index contributed by atoms with van der Waals surface area (Å²) in [5.74, 6) is -2.66. The summed E-state index contributed by atoms with van der Waals surface area (Å²) in [4.78, 5) is 74.0. The van der Waals surface area contributed by atoms with E-state index in [0.29, 0.717) is 39.4 Å². The standard InChI is InChI=1S/C42H50N8O10S2/c1-10-25-21-42(25,36(54)49-62(56,57)39-48-47-37(61-39)43-23(2)51)46-34(52)31-19-27(22-50(31)35(53)33(40(3,4)5)45-38(55)60-41(6,7)8)59-32-20-29(24-14-12-11-13-15-24)44-30-18-26(58-9)16-17-28(30)32/h10-18,20,25,27,31,33H,1,19,21-22H2,2-9H3,(H,45,55)(H,46,52)(H,49,54)(H,43,47,51)/t25?,27-,31+,33-,42-/m1/s1. The number of carbonyl (C=O) groups is 5. The Balaban J connectivity index is 1.34. The minimum Gasteiger partial charge on any atom is -0.497 e. The molecule has 2 fully saturated rings. The minimum atomic E-state index is -4.61. The van der Waals surface area contributed by atoms with Crippen molar-refractivity contribution in [2.45, 2.75) is 95.0 Å². The molecule has 1 aliphatic carbocycles. The molecule has 4 aromatic rings. The number of amides is 5. The van der Waals surface area contributed by atoms with Crippen LogP contribution < -0.4 is 30.1 Å². The van der Waals surface area contributed by atoms with Gasteiger partial charge in [0.15, 0.2) is 0 Å². The van der Waals surface area contributed by atoms with Gasteiger partial charge in [0, 0.05) is 42.3 Å². The molecule has 0 bridgehead atoms. The highest BCUT2D eigenvalue weighted by molar-refractivity contribution is 7.92. The van der Waals surface area contributed by atoms with Crippen LogP contribution in [0.4, 0.5) is 9.93 Å². The number of rotatable bonds is 13. The highest BCUT2D eigenvalue weighted by atomic mass is 32.2. The summed E-state index contributed by atoms with van der Waals surface area (Å²) >= 11 is 0.528. The van der Waals surface area contributed by atoms with Gasteiger partial charge in [0.2, 0.25) is 22.9 Å². The second-order valence-corrected chi connectivity index (χ2v) is 20.0. The van der Waals surface area contributed by atoms with Gasteiger partial charge >= 0.3 is 6.09 Å². The van der Waals surface area contributed by atoms with Crippen molar-refractivity contribution in [3.05, 3.63) is 67.3 Å². The molecule has 20 heteroatoms. The molecule has 2 aliphatic rings. The first-order valence-electron chi connectivity index (χ1n) is 19.7. The molecule has 3 heterocycles. The molecule has 1 unspecified atom stereocenters. The van der Waals surface area contributed by atoms with E-state index in [1.54, 1.807) is 72.9 Å². The van der Waals surface area contributed by atoms with E-state index in [1.807, 2.05) is 35.1 Å². The predicted octanol–water partition coefficient (Wildman–Crippen LogP) is 4.57. The van der Waals surface area contributed by atoms with Gasteiger partial charge in [0.25, 0.3) is 20.3 Å². The van der Waals surface area contributed by atoms with Crippen LogP contribution >= 0.6 is 11.3 Å². The number of sulfonamides is 1. The van der Waals surface area contributed by atoms with Crippen molar-refractivity contribution in [2.24, 2.45) is 11.3 Å². The molecule has 1 saturated heterocycles. The van der Waals surface area contributed by atoms with Crippen LogP contribution in [0.15, 0.2) is 71.6 Å². The van der Waals surface area contributed by atoms with Gasteiger partial charge in [-0.3, -0.25) is 19.2 Å². The quantitative estimate of drug-likeness (QED) is 0.106. The van der Waals surface area contributed by atoms with E-state index in [1.165, 1.54) is 17.9 Å². The van der Waals surface area contributed by atoms with Crippen LogP contribution in [0, 0.1) is 11.3 Å². The predicted molar refractivity (Wildman–Crippen MR) is 230 cm³/mol. The third kappa shape index (κ3) is 10.1. The van der Waals surface area contributed by atoms with Crippen LogP contribution in [0.3, 0.4) is 0 Å². The Kier molecular flexibility index (Phi) is 12.7. The Morgan fingerprint density at radius 3 is 2.34 bits per heavy atom. The molecule has 0 spiro atoms. The number of benzene rings is 2. The number of methoxy groups -OCH3 is 1. The van der Waals surface area contributed by atoms with Crippen molar-refractivity contribution in [3.8, 4) is 22.8 Å². The van der Waals surface area contributed by atoms with Gasteiger partial charge in [0.1, 0.15) is 40.8 Å². The molecule has 330 valence electrons. The fraction of sp³-hybridized carbons (Fsp3) is 0.429. The summed E-state index contributed by atoms with van der Waals surface area (Å²) in [5.41, 5.74) is -1.55. The number of aromatic nitrogens is 3.